The van der Waals surface area contributed by atoms with Gasteiger partial charge in [-0.2, -0.15) is 0 Å². The molecule has 6 nitrogen and oxygen atoms in total. The van der Waals surface area contributed by atoms with Gasteiger partial charge in [-0.1, -0.05) is 5.18 Å². The lowest BCUT2D eigenvalue weighted by molar-refractivity contribution is -0.116. The summed E-state index contributed by atoms with van der Waals surface area (Å²) in [6, 6.07) is 5.04. The number of halogens is 1. The molecule has 0 saturated heterocycles. The summed E-state index contributed by atoms with van der Waals surface area (Å²) < 4.78 is 19.4. The van der Waals surface area contributed by atoms with Crippen LogP contribution in [0.2, 0.25) is 0 Å². The van der Waals surface area contributed by atoms with E-state index in [0.717, 1.165) is 29.7 Å². The fourth-order valence-corrected chi connectivity index (χ4v) is 3.85. The van der Waals surface area contributed by atoms with Crippen molar-refractivity contribution in [3.05, 3.63) is 51.7 Å². The molecule has 0 fully saturated rings. The van der Waals surface area contributed by atoms with E-state index in [1.165, 1.54) is 19.2 Å². The number of methoxy groups -OCH3 is 1. The normalized spacial score (nSPS) is 18.9. The number of hydrogen-bond donors (Lipinski definition) is 1. The zero-order valence-corrected chi connectivity index (χ0v) is 14.5. The Morgan fingerprint density at radius 1 is 1.27 bits per heavy atom. The summed E-state index contributed by atoms with van der Waals surface area (Å²) in [4.78, 5) is 25.5. The largest absolute Gasteiger partial charge is 0.496 e. The van der Waals surface area contributed by atoms with Crippen molar-refractivity contribution in [2.45, 2.75) is 19.0 Å². The Labute approximate surface area is 149 Å². The Balaban J connectivity index is 2.01. The molecule has 134 valence electrons. The molecule has 0 aliphatic carbocycles. The van der Waals surface area contributed by atoms with Crippen molar-refractivity contribution < 1.29 is 13.9 Å². The fraction of sp³-hybridized carbons (Fsp3) is 0.316. The summed E-state index contributed by atoms with van der Waals surface area (Å²) in [7, 11) is 3.53. The van der Waals surface area contributed by atoms with Crippen molar-refractivity contribution >= 4 is 11.6 Å². The minimum atomic E-state index is -1.08. The molecular formula is C19H18FN3O3. The van der Waals surface area contributed by atoms with E-state index in [-0.39, 0.29) is 5.82 Å². The molecule has 1 amide bonds. The maximum Gasteiger partial charge on any atom is 0.257 e. The van der Waals surface area contributed by atoms with E-state index >= 15 is 0 Å². The van der Waals surface area contributed by atoms with E-state index in [1.807, 2.05) is 7.05 Å². The molecule has 2 heterocycles. The van der Waals surface area contributed by atoms with Crippen LogP contribution in [0.4, 0.5) is 10.1 Å². The Kier molecular flexibility index (Phi) is 3.96. The van der Waals surface area contributed by atoms with Crippen LogP contribution in [0, 0.1) is 10.7 Å². The highest BCUT2D eigenvalue weighted by atomic mass is 19.1. The second-order valence-electron chi connectivity index (χ2n) is 6.68. The molecule has 4 rings (SSSR count). The summed E-state index contributed by atoms with van der Waals surface area (Å²) in [5.74, 6) is -0.253. The molecule has 2 aliphatic rings. The van der Waals surface area contributed by atoms with Crippen LogP contribution in [0.5, 0.6) is 5.75 Å². The number of rotatable bonds is 3. The first-order valence-corrected chi connectivity index (χ1v) is 8.38. The highest BCUT2D eigenvalue weighted by Crippen LogP contribution is 2.45. The van der Waals surface area contributed by atoms with Crippen LogP contribution in [-0.4, -0.2) is 31.5 Å². The number of nitrogens with one attached hydrogen (secondary N) is 1. The van der Waals surface area contributed by atoms with Crippen molar-refractivity contribution in [1.82, 2.24) is 4.90 Å². The van der Waals surface area contributed by atoms with Gasteiger partial charge in [-0.3, -0.25) is 4.79 Å². The van der Waals surface area contributed by atoms with Gasteiger partial charge in [-0.25, -0.2) is 4.39 Å². The average Bonchev–Trinajstić information content (AvgIpc) is 2.96. The number of nitrogens with zero attached hydrogens (tertiary/aromatic N) is 2. The predicted octanol–water partition coefficient (Wildman–Crippen LogP) is 3.25. The molecule has 1 atom stereocenters. The number of ether oxygens (including phenoxy) is 1. The van der Waals surface area contributed by atoms with Gasteiger partial charge in [0.2, 0.25) is 0 Å². The summed E-state index contributed by atoms with van der Waals surface area (Å²) in [5, 5.41) is 5.79. The van der Waals surface area contributed by atoms with Crippen molar-refractivity contribution in [3.63, 3.8) is 0 Å². The van der Waals surface area contributed by atoms with E-state index in [2.05, 4.69) is 15.4 Å². The lowest BCUT2D eigenvalue weighted by Crippen LogP contribution is -2.28. The van der Waals surface area contributed by atoms with Crippen molar-refractivity contribution in [2.24, 2.45) is 5.18 Å². The number of benzene rings is 2. The Bertz CT molecular complexity index is 929. The van der Waals surface area contributed by atoms with Crippen LogP contribution < -0.4 is 10.1 Å². The second-order valence-corrected chi connectivity index (χ2v) is 6.68. The minimum Gasteiger partial charge on any atom is -0.496 e. The number of carbonyl (C=O) groups is 1. The van der Waals surface area contributed by atoms with Gasteiger partial charge in [0.15, 0.2) is 6.04 Å². The maximum absolute atomic E-state index is 13.9. The zero-order valence-electron chi connectivity index (χ0n) is 14.5. The predicted molar refractivity (Wildman–Crippen MR) is 95.6 cm³/mol. The Morgan fingerprint density at radius 2 is 2.08 bits per heavy atom. The molecule has 1 N–H and O–H groups in total. The number of fused-ring (bicyclic) bond motifs is 3. The van der Waals surface area contributed by atoms with Crippen LogP contribution in [0.1, 0.15) is 22.7 Å². The monoisotopic (exact) mass is 355 g/mol. The van der Waals surface area contributed by atoms with Crippen LogP contribution in [0.3, 0.4) is 0 Å². The van der Waals surface area contributed by atoms with Gasteiger partial charge in [-0.05, 0) is 54.4 Å². The molecule has 2 aromatic rings. The minimum absolute atomic E-state index is 0.373. The van der Waals surface area contributed by atoms with E-state index in [9.17, 15) is 14.1 Å². The maximum atomic E-state index is 13.9. The SMILES string of the molecule is COc1ccc(F)cc1-c1cc2c(c3c1CCN(C)C3)NC(=O)C2N=O. The number of nitroso groups, excluding NO2 is 1. The molecule has 0 radical (unpaired) electrons. The lowest BCUT2D eigenvalue weighted by atomic mass is 9.86. The van der Waals surface area contributed by atoms with E-state index < -0.39 is 11.9 Å². The Hall–Kier alpha value is -2.80. The summed E-state index contributed by atoms with van der Waals surface area (Å²) >= 11 is 0. The van der Waals surface area contributed by atoms with E-state index in [1.54, 1.807) is 12.1 Å². The average molecular weight is 355 g/mol. The van der Waals surface area contributed by atoms with Gasteiger partial charge in [-0.15, -0.1) is 4.91 Å². The highest BCUT2D eigenvalue weighted by Gasteiger charge is 2.37. The molecule has 26 heavy (non-hydrogen) atoms. The zero-order chi connectivity index (χ0) is 18.4. The third kappa shape index (κ3) is 2.47. The van der Waals surface area contributed by atoms with E-state index in [4.69, 9.17) is 4.74 Å². The quantitative estimate of drug-likeness (QED) is 0.858. The number of likely N-dealkylation sites (N-methyl/N-ethyl adjacent to an activating group) is 1. The summed E-state index contributed by atoms with van der Waals surface area (Å²) in [6.07, 6.45) is 0.753. The molecule has 0 spiro atoms. The third-order valence-corrected chi connectivity index (χ3v) is 5.10. The summed E-state index contributed by atoms with van der Waals surface area (Å²) in [6.45, 7) is 1.48. The van der Waals surface area contributed by atoms with Crippen molar-refractivity contribution in [2.75, 3.05) is 26.0 Å². The van der Waals surface area contributed by atoms with Gasteiger partial charge in [0, 0.05) is 24.2 Å². The van der Waals surface area contributed by atoms with Gasteiger partial charge < -0.3 is 15.0 Å². The van der Waals surface area contributed by atoms with Gasteiger partial charge in [0.05, 0.1) is 12.8 Å². The van der Waals surface area contributed by atoms with Gasteiger partial charge >= 0.3 is 0 Å². The first kappa shape index (κ1) is 16.7. The van der Waals surface area contributed by atoms with Gasteiger partial charge in [0.1, 0.15) is 11.6 Å². The molecule has 2 aliphatic heterocycles. The standard InChI is InChI=1S/C19H18FN3O3/c1-23-6-5-11-12(13-7-10(20)3-4-16(13)26-2)8-14-17(15(11)9-23)21-19(24)18(14)22-25/h3-4,7-8,18H,5-6,9H2,1-2H3,(H,21,24). The Morgan fingerprint density at radius 3 is 2.81 bits per heavy atom. The lowest BCUT2D eigenvalue weighted by Gasteiger charge is -2.29. The highest BCUT2D eigenvalue weighted by molar-refractivity contribution is 6.04. The fourth-order valence-electron chi connectivity index (χ4n) is 3.85. The first-order chi connectivity index (χ1) is 12.5. The number of carbonyl (C=O) groups excluding carboxylic acids is 1. The van der Waals surface area contributed by atoms with Crippen molar-refractivity contribution in [1.29, 1.82) is 0 Å². The third-order valence-electron chi connectivity index (χ3n) is 5.10. The number of amides is 1. The molecule has 1 unspecified atom stereocenters. The molecule has 2 aromatic carbocycles. The van der Waals surface area contributed by atoms with E-state index in [0.29, 0.717) is 29.1 Å². The van der Waals surface area contributed by atoms with Crippen LogP contribution in [0.15, 0.2) is 29.4 Å². The molecule has 7 heteroatoms. The second kappa shape index (κ2) is 6.17. The van der Waals surface area contributed by atoms with Crippen LogP contribution in [0.25, 0.3) is 11.1 Å². The smallest absolute Gasteiger partial charge is 0.257 e. The molecular weight excluding hydrogens is 337 g/mol. The topological polar surface area (TPSA) is 71.0 Å². The summed E-state index contributed by atoms with van der Waals surface area (Å²) in [5.41, 5.74) is 4.60. The molecule has 0 bridgehead atoms. The van der Waals surface area contributed by atoms with Gasteiger partial charge in [0.25, 0.3) is 5.91 Å². The first-order valence-electron chi connectivity index (χ1n) is 8.38. The molecule has 0 aromatic heterocycles. The van der Waals surface area contributed by atoms with Crippen molar-refractivity contribution in [3.8, 4) is 16.9 Å². The van der Waals surface area contributed by atoms with Crippen LogP contribution >= 0.6 is 0 Å². The number of hydrogen-bond acceptors (Lipinski definition) is 5. The number of anilines is 1. The van der Waals surface area contributed by atoms with Crippen LogP contribution in [-0.2, 0) is 17.8 Å². The molecule has 0 saturated carbocycles.